The Labute approximate surface area is 203 Å². The summed E-state index contributed by atoms with van der Waals surface area (Å²) < 4.78 is 1.73. The maximum Gasteiger partial charge on any atom is 0.183 e. The Bertz CT molecular complexity index is 1370. The van der Waals surface area contributed by atoms with Gasteiger partial charge in [0.1, 0.15) is 23.2 Å². The molecule has 0 atom stereocenters. The van der Waals surface area contributed by atoms with Gasteiger partial charge in [-0.15, -0.1) is 0 Å². The molecule has 7 nitrogen and oxygen atoms in total. The predicted octanol–water partition coefficient (Wildman–Crippen LogP) is 6.00. The number of nitrogens with one attached hydrogen (secondary N) is 1. The summed E-state index contributed by atoms with van der Waals surface area (Å²) in [6.07, 6.45) is 11.2. The number of benzene rings is 1. The summed E-state index contributed by atoms with van der Waals surface area (Å²) in [5.74, 6) is 1.24. The van der Waals surface area contributed by atoms with E-state index in [0.717, 1.165) is 35.3 Å². The van der Waals surface area contributed by atoms with Gasteiger partial charge in [-0.25, -0.2) is 9.97 Å². The molecular weight excluding hydrogens is 446 g/mol. The fourth-order valence-electron chi connectivity index (χ4n) is 4.71. The third-order valence-corrected chi connectivity index (χ3v) is 6.75. The molecule has 1 aliphatic rings. The third-order valence-electron chi connectivity index (χ3n) is 6.46. The Balaban J connectivity index is 1.55. The zero-order valence-corrected chi connectivity index (χ0v) is 19.9. The number of nitriles is 1. The quantitative estimate of drug-likeness (QED) is 0.370. The van der Waals surface area contributed by atoms with Crippen LogP contribution in [0.15, 0.2) is 42.7 Å². The average molecular weight is 472 g/mol. The number of hydrogen-bond acceptors (Lipinski definition) is 6. The van der Waals surface area contributed by atoms with Crippen molar-refractivity contribution in [1.29, 1.82) is 5.26 Å². The van der Waals surface area contributed by atoms with E-state index in [1.165, 1.54) is 32.1 Å². The van der Waals surface area contributed by atoms with E-state index in [1.807, 2.05) is 43.6 Å². The highest BCUT2D eigenvalue weighted by Crippen LogP contribution is 2.35. The molecule has 34 heavy (non-hydrogen) atoms. The standard InChI is InChI=1S/C26H26ClN7/c1-34-13-10-21(33-34)25-24(19-14-18-8-5-11-29-23(18)20(27)15-19)31-22(16-28)26(32-25)30-12-9-17-6-3-2-4-7-17/h5,8,10-11,13-15,17H,2-4,6-7,9,12H2,1H3,(H,30,32). The number of aromatic nitrogens is 5. The molecule has 0 bridgehead atoms. The first-order valence-corrected chi connectivity index (χ1v) is 12.1. The van der Waals surface area contributed by atoms with Crippen LogP contribution in [0, 0.1) is 17.2 Å². The van der Waals surface area contributed by atoms with Crippen LogP contribution in [0.5, 0.6) is 0 Å². The fraction of sp³-hybridized carbons (Fsp3) is 0.346. The van der Waals surface area contributed by atoms with Crippen LogP contribution in [0.1, 0.15) is 44.2 Å². The molecule has 0 saturated heterocycles. The van der Waals surface area contributed by atoms with Crippen LogP contribution < -0.4 is 5.32 Å². The van der Waals surface area contributed by atoms with Gasteiger partial charge in [0.25, 0.3) is 0 Å². The van der Waals surface area contributed by atoms with E-state index >= 15 is 0 Å². The molecule has 0 amide bonds. The minimum atomic E-state index is 0.265. The van der Waals surface area contributed by atoms with Gasteiger partial charge < -0.3 is 5.32 Å². The zero-order valence-electron chi connectivity index (χ0n) is 19.1. The minimum Gasteiger partial charge on any atom is -0.368 e. The Morgan fingerprint density at radius 3 is 2.76 bits per heavy atom. The lowest BCUT2D eigenvalue weighted by molar-refractivity contribution is 0.345. The number of aryl methyl sites for hydroxylation is 1. The first-order chi connectivity index (χ1) is 16.6. The van der Waals surface area contributed by atoms with Gasteiger partial charge in [0.05, 0.1) is 10.5 Å². The molecule has 4 aromatic rings. The van der Waals surface area contributed by atoms with Crippen LogP contribution in [0.2, 0.25) is 5.02 Å². The summed E-state index contributed by atoms with van der Waals surface area (Å²) in [5, 5.41) is 19.2. The van der Waals surface area contributed by atoms with Gasteiger partial charge in [-0.1, -0.05) is 49.8 Å². The van der Waals surface area contributed by atoms with E-state index in [9.17, 15) is 5.26 Å². The number of rotatable bonds is 6. The summed E-state index contributed by atoms with van der Waals surface area (Å²) in [4.78, 5) is 14.0. The first-order valence-electron chi connectivity index (χ1n) is 11.7. The lowest BCUT2D eigenvalue weighted by atomic mass is 9.87. The second-order valence-corrected chi connectivity index (χ2v) is 9.26. The molecule has 1 fully saturated rings. The molecule has 3 aromatic heterocycles. The summed E-state index contributed by atoms with van der Waals surface area (Å²) in [6, 6.07) is 11.7. The van der Waals surface area contributed by atoms with Gasteiger partial charge in [0, 0.05) is 36.9 Å². The third kappa shape index (κ3) is 4.59. The molecular formula is C26H26ClN7. The van der Waals surface area contributed by atoms with Crippen molar-refractivity contribution < 1.29 is 0 Å². The van der Waals surface area contributed by atoms with Crippen molar-refractivity contribution in [3.63, 3.8) is 0 Å². The van der Waals surface area contributed by atoms with Crippen LogP contribution in [0.4, 0.5) is 5.82 Å². The molecule has 1 N–H and O–H groups in total. The van der Waals surface area contributed by atoms with Crippen LogP contribution in [0.3, 0.4) is 0 Å². The van der Waals surface area contributed by atoms with Crippen molar-refractivity contribution >= 4 is 28.3 Å². The van der Waals surface area contributed by atoms with Crippen molar-refractivity contribution in [1.82, 2.24) is 24.7 Å². The first kappa shape index (κ1) is 22.3. The second-order valence-electron chi connectivity index (χ2n) is 8.86. The van der Waals surface area contributed by atoms with Gasteiger partial charge in [-0.05, 0) is 36.6 Å². The fourth-order valence-corrected chi connectivity index (χ4v) is 4.99. The molecule has 1 aliphatic carbocycles. The molecule has 1 aromatic carbocycles. The largest absolute Gasteiger partial charge is 0.368 e. The topological polar surface area (TPSA) is 92.3 Å². The predicted molar refractivity (Wildman–Crippen MR) is 134 cm³/mol. The highest BCUT2D eigenvalue weighted by atomic mass is 35.5. The minimum absolute atomic E-state index is 0.265. The van der Waals surface area contributed by atoms with E-state index in [2.05, 4.69) is 21.5 Å². The van der Waals surface area contributed by atoms with Crippen LogP contribution >= 0.6 is 11.6 Å². The smallest absolute Gasteiger partial charge is 0.183 e. The Morgan fingerprint density at radius 1 is 1.15 bits per heavy atom. The molecule has 1 saturated carbocycles. The summed E-state index contributed by atoms with van der Waals surface area (Å²) in [6.45, 7) is 0.766. The van der Waals surface area contributed by atoms with Gasteiger partial charge in [-0.3, -0.25) is 9.67 Å². The number of pyridine rings is 1. The van der Waals surface area contributed by atoms with Gasteiger partial charge in [-0.2, -0.15) is 10.4 Å². The van der Waals surface area contributed by atoms with E-state index < -0.39 is 0 Å². The second kappa shape index (κ2) is 9.78. The van der Waals surface area contributed by atoms with Crippen molar-refractivity contribution in [2.75, 3.05) is 11.9 Å². The maximum absolute atomic E-state index is 9.88. The van der Waals surface area contributed by atoms with Crippen molar-refractivity contribution in [2.45, 2.75) is 38.5 Å². The summed E-state index contributed by atoms with van der Waals surface area (Å²) >= 11 is 6.55. The van der Waals surface area contributed by atoms with Crippen LogP contribution in [-0.4, -0.2) is 31.3 Å². The monoisotopic (exact) mass is 471 g/mol. The highest BCUT2D eigenvalue weighted by molar-refractivity contribution is 6.35. The molecule has 0 unspecified atom stereocenters. The summed E-state index contributed by atoms with van der Waals surface area (Å²) in [7, 11) is 1.86. The molecule has 3 heterocycles. The lowest BCUT2D eigenvalue weighted by Crippen LogP contribution is -2.14. The molecule has 172 valence electrons. The van der Waals surface area contributed by atoms with Gasteiger partial charge in [0.2, 0.25) is 0 Å². The zero-order chi connectivity index (χ0) is 23.5. The average Bonchev–Trinajstić information content (AvgIpc) is 3.30. The Hall–Kier alpha value is -3.50. The van der Waals surface area contributed by atoms with E-state index in [1.54, 1.807) is 10.9 Å². The van der Waals surface area contributed by atoms with E-state index in [4.69, 9.17) is 21.6 Å². The number of halogens is 1. The van der Waals surface area contributed by atoms with Crippen molar-refractivity contribution in [3.8, 4) is 28.7 Å². The van der Waals surface area contributed by atoms with Crippen LogP contribution in [-0.2, 0) is 7.05 Å². The van der Waals surface area contributed by atoms with E-state index in [-0.39, 0.29) is 5.69 Å². The molecule has 8 heteroatoms. The normalized spacial score (nSPS) is 14.3. The lowest BCUT2D eigenvalue weighted by Gasteiger charge is -2.21. The number of hydrogen-bond donors (Lipinski definition) is 1. The Kier molecular flexibility index (Phi) is 6.41. The highest BCUT2D eigenvalue weighted by Gasteiger charge is 2.20. The molecule has 0 aliphatic heterocycles. The number of nitrogens with zero attached hydrogens (tertiary/aromatic N) is 6. The number of anilines is 1. The molecule has 0 spiro atoms. The van der Waals surface area contributed by atoms with Crippen LogP contribution in [0.25, 0.3) is 33.5 Å². The molecule has 5 rings (SSSR count). The SMILES string of the molecule is Cn1ccc(-c2nc(NCCC3CCCCC3)c(C#N)nc2-c2cc(Cl)c3ncccc3c2)n1. The summed E-state index contributed by atoms with van der Waals surface area (Å²) in [5.41, 5.74) is 3.62. The van der Waals surface area contributed by atoms with Gasteiger partial charge in [0.15, 0.2) is 11.5 Å². The van der Waals surface area contributed by atoms with Crippen molar-refractivity contribution in [3.05, 3.63) is 53.4 Å². The Morgan fingerprint density at radius 2 is 2.00 bits per heavy atom. The number of fused-ring (bicyclic) bond motifs is 1. The molecule has 0 radical (unpaired) electrons. The van der Waals surface area contributed by atoms with Gasteiger partial charge >= 0.3 is 0 Å². The van der Waals surface area contributed by atoms with E-state index in [0.29, 0.717) is 27.9 Å². The maximum atomic E-state index is 9.88. The van der Waals surface area contributed by atoms with Crippen molar-refractivity contribution in [2.24, 2.45) is 13.0 Å².